The molecule has 1 aromatic rings. The molecule has 1 aliphatic heterocycles. The summed E-state index contributed by atoms with van der Waals surface area (Å²) in [7, 11) is -3.40. The molecule has 0 atom stereocenters. The van der Waals surface area contributed by atoms with Crippen LogP contribution in [-0.2, 0) is 14.8 Å². The van der Waals surface area contributed by atoms with E-state index < -0.39 is 10.0 Å². The van der Waals surface area contributed by atoms with Crippen molar-refractivity contribution in [2.45, 2.75) is 50.7 Å². The van der Waals surface area contributed by atoms with E-state index in [1.165, 1.54) is 15.6 Å². The largest absolute Gasteiger partial charge is 0.342 e. The Labute approximate surface area is 149 Å². The van der Waals surface area contributed by atoms with Gasteiger partial charge in [0.15, 0.2) is 0 Å². The van der Waals surface area contributed by atoms with Crippen LogP contribution < -0.4 is 0 Å². The fourth-order valence-corrected chi connectivity index (χ4v) is 6.06. The normalized spacial score (nSPS) is 17.1. The predicted molar refractivity (Wildman–Crippen MR) is 97.7 cm³/mol. The van der Waals surface area contributed by atoms with Gasteiger partial charge in [-0.2, -0.15) is 4.31 Å². The highest BCUT2D eigenvalue weighted by Gasteiger charge is 2.34. The minimum atomic E-state index is -3.40. The summed E-state index contributed by atoms with van der Waals surface area (Å²) in [5.74, 6) is 0.155. The first-order valence-corrected chi connectivity index (χ1v) is 11.0. The molecule has 0 radical (unpaired) electrons. The zero-order valence-electron chi connectivity index (χ0n) is 14.8. The number of nitrogens with zero attached hydrogens (tertiary/aromatic N) is 2. The SMILES string of the molecule is CCCN(CCC)C(=O)C1CCN(S(=O)(=O)c2ccc(C)s2)CC1. The smallest absolute Gasteiger partial charge is 0.252 e. The van der Waals surface area contributed by atoms with Crippen LogP contribution in [0.25, 0.3) is 0 Å². The summed E-state index contributed by atoms with van der Waals surface area (Å²) >= 11 is 1.31. The summed E-state index contributed by atoms with van der Waals surface area (Å²) in [4.78, 5) is 15.6. The van der Waals surface area contributed by atoms with E-state index in [2.05, 4.69) is 13.8 Å². The third-order valence-corrected chi connectivity index (χ3v) is 7.78. The lowest BCUT2D eigenvalue weighted by Gasteiger charge is -2.33. The van der Waals surface area contributed by atoms with Gasteiger partial charge in [0.05, 0.1) is 0 Å². The summed E-state index contributed by atoms with van der Waals surface area (Å²) in [5, 5.41) is 0. The number of amides is 1. The Hall–Kier alpha value is -0.920. The second-order valence-corrected chi connectivity index (χ2v) is 9.82. The minimum absolute atomic E-state index is 0.0420. The van der Waals surface area contributed by atoms with E-state index >= 15 is 0 Å². The van der Waals surface area contributed by atoms with Gasteiger partial charge < -0.3 is 4.90 Å². The van der Waals surface area contributed by atoms with Crippen molar-refractivity contribution >= 4 is 27.3 Å². The van der Waals surface area contributed by atoms with Gasteiger partial charge in [-0.1, -0.05) is 13.8 Å². The standard InChI is InChI=1S/C17H28N2O3S2/c1-4-10-18(11-5-2)17(20)15-8-12-19(13-9-15)24(21,22)16-7-6-14(3)23-16/h6-7,15H,4-5,8-13H2,1-3H3. The first kappa shape index (κ1) is 19.4. The van der Waals surface area contributed by atoms with Gasteiger partial charge in [-0.15, -0.1) is 11.3 Å². The van der Waals surface area contributed by atoms with Crippen LogP contribution in [0.2, 0.25) is 0 Å². The molecule has 0 saturated carbocycles. The van der Waals surface area contributed by atoms with E-state index in [1.54, 1.807) is 6.07 Å². The van der Waals surface area contributed by atoms with Gasteiger partial charge in [0.1, 0.15) is 4.21 Å². The van der Waals surface area contributed by atoms with E-state index in [0.29, 0.717) is 30.1 Å². The first-order chi connectivity index (χ1) is 11.4. The van der Waals surface area contributed by atoms with Crippen LogP contribution in [0.5, 0.6) is 0 Å². The molecule has 136 valence electrons. The molecule has 0 unspecified atom stereocenters. The molecule has 1 aliphatic rings. The Kier molecular flexibility index (Phi) is 6.83. The van der Waals surface area contributed by atoms with E-state index in [0.717, 1.165) is 30.8 Å². The Morgan fingerprint density at radius 2 is 1.79 bits per heavy atom. The molecule has 1 aromatic heterocycles. The predicted octanol–water partition coefficient (Wildman–Crippen LogP) is 3.11. The van der Waals surface area contributed by atoms with Gasteiger partial charge in [0.25, 0.3) is 10.0 Å². The fourth-order valence-electron chi connectivity index (χ4n) is 3.15. The lowest BCUT2D eigenvalue weighted by Crippen LogP contribution is -2.44. The van der Waals surface area contributed by atoms with Crippen LogP contribution in [0.3, 0.4) is 0 Å². The Balaban J connectivity index is 1.99. The molecule has 0 aromatic carbocycles. The van der Waals surface area contributed by atoms with E-state index in [1.807, 2.05) is 17.9 Å². The van der Waals surface area contributed by atoms with Crippen LogP contribution in [0.1, 0.15) is 44.4 Å². The molecule has 24 heavy (non-hydrogen) atoms. The number of hydrogen-bond donors (Lipinski definition) is 0. The molecule has 1 fully saturated rings. The molecule has 1 amide bonds. The van der Waals surface area contributed by atoms with Gasteiger partial charge in [-0.05, 0) is 44.7 Å². The van der Waals surface area contributed by atoms with Crippen molar-refractivity contribution in [2.75, 3.05) is 26.2 Å². The number of carbonyl (C=O) groups excluding carboxylic acids is 1. The topological polar surface area (TPSA) is 57.7 Å². The van der Waals surface area contributed by atoms with Crippen molar-refractivity contribution in [2.24, 2.45) is 5.92 Å². The molecule has 2 rings (SSSR count). The second-order valence-electron chi connectivity index (χ2n) is 6.37. The van der Waals surface area contributed by atoms with Crippen LogP contribution in [0, 0.1) is 12.8 Å². The number of rotatable bonds is 7. The van der Waals surface area contributed by atoms with Crippen molar-refractivity contribution in [1.29, 1.82) is 0 Å². The highest BCUT2D eigenvalue weighted by molar-refractivity contribution is 7.91. The molecule has 0 spiro atoms. The molecule has 1 saturated heterocycles. The summed E-state index contributed by atoms with van der Waals surface area (Å²) < 4.78 is 27.3. The maximum atomic E-state index is 12.7. The molecule has 7 heteroatoms. The minimum Gasteiger partial charge on any atom is -0.342 e. The molecular weight excluding hydrogens is 344 g/mol. The zero-order chi connectivity index (χ0) is 17.7. The molecule has 2 heterocycles. The summed E-state index contributed by atoms with van der Waals surface area (Å²) in [6.07, 6.45) is 3.14. The van der Waals surface area contributed by atoms with E-state index in [-0.39, 0.29) is 11.8 Å². The zero-order valence-corrected chi connectivity index (χ0v) is 16.5. The van der Waals surface area contributed by atoms with Crippen LogP contribution in [0.4, 0.5) is 0 Å². The van der Waals surface area contributed by atoms with Crippen molar-refractivity contribution in [1.82, 2.24) is 9.21 Å². The van der Waals surface area contributed by atoms with Gasteiger partial charge in [0.2, 0.25) is 5.91 Å². The lowest BCUT2D eigenvalue weighted by molar-refractivity contribution is -0.136. The van der Waals surface area contributed by atoms with Gasteiger partial charge >= 0.3 is 0 Å². The van der Waals surface area contributed by atoms with E-state index in [9.17, 15) is 13.2 Å². The monoisotopic (exact) mass is 372 g/mol. The van der Waals surface area contributed by atoms with Crippen molar-refractivity contribution in [3.63, 3.8) is 0 Å². The maximum Gasteiger partial charge on any atom is 0.252 e. The fraction of sp³-hybridized carbons (Fsp3) is 0.706. The number of piperidine rings is 1. The second kappa shape index (κ2) is 8.45. The summed E-state index contributed by atoms with van der Waals surface area (Å²) in [6, 6.07) is 3.51. The third-order valence-electron chi connectivity index (χ3n) is 4.41. The number of thiophene rings is 1. The first-order valence-electron chi connectivity index (χ1n) is 8.75. The summed E-state index contributed by atoms with van der Waals surface area (Å²) in [5.41, 5.74) is 0. The third kappa shape index (κ3) is 4.37. The quantitative estimate of drug-likeness (QED) is 0.739. The Morgan fingerprint density at radius 1 is 1.21 bits per heavy atom. The van der Waals surface area contributed by atoms with E-state index in [4.69, 9.17) is 0 Å². The van der Waals surface area contributed by atoms with Crippen molar-refractivity contribution in [3.05, 3.63) is 17.0 Å². The van der Waals surface area contributed by atoms with Crippen LogP contribution in [-0.4, -0.2) is 49.7 Å². The Bertz CT molecular complexity index is 641. The average Bonchev–Trinajstić information content (AvgIpc) is 3.01. The number of carbonyl (C=O) groups is 1. The number of sulfonamides is 1. The summed E-state index contributed by atoms with van der Waals surface area (Å²) in [6.45, 7) is 8.51. The maximum absolute atomic E-state index is 12.7. The van der Waals surface area contributed by atoms with Crippen LogP contribution in [0.15, 0.2) is 16.3 Å². The molecule has 0 bridgehead atoms. The molecular formula is C17H28N2O3S2. The average molecular weight is 373 g/mol. The van der Waals surface area contributed by atoms with Gasteiger partial charge in [-0.3, -0.25) is 4.79 Å². The van der Waals surface area contributed by atoms with Crippen LogP contribution >= 0.6 is 11.3 Å². The Morgan fingerprint density at radius 3 is 2.25 bits per heavy atom. The lowest BCUT2D eigenvalue weighted by atomic mass is 9.96. The highest BCUT2D eigenvalue weighted by Crippen LogP contribution is 2.28. The van der Waals surface area contributed by atoms with Crippen molar-refractivity contribution < 1.29 is 13.2 Å². The number of hydrogen-bond acceptors (Lipinski definition) is 4. The highest BCUT2D eigenvalue weighted by atomic mass is 32.2. The number of aryl methyl sites for hydroxylation is 1. The molecule has 0 N–H and O–H groups in total. The molecule has 5 nitrogen and oxygen atoms in total. The molecule has 0 aliphatic carbocycles. The van der Waals surface area contributed by atoms with Gasteiger partial charge in [-0.25, -0.2) is 8.42 Å². The van der Waals surface area contributed by atoms with Crippen molar-refractivity contribution in [3.8, 4) is 0 Å². The van der Waals surface area contributed by atoms with Gasteiger partial charge in [0, 0.05) is 37.0 Å².